The van der Waals surface area contributed by atoms with Gasteiger partial charge in [0.2, 0.25) is 11.0 Å². The van der Waals surface area contributed by atoms with Crippen molar-refractivity contribution in [2.45, 2.75) is 43.9 Å². The number of carbonyl (C=O) groups excluding carboxylic acids is 3. The van der Waals surface area contributed by atoms with Crippen molar-refractivity contribution in [1.82, 2.24) is 10.2 Å². The van der Waals surface area contributed by atoms with Gasteiger partial charge in [-0.25, -0.2) is 4.79 Å². The Morgan fingerprint density at radius 2 is 1.83 bits per heavy atom. The van der Waals surface area contributed by atoms with Crippen LogP contribution in [-0.2, 0) is 22.4 Å². The van der Waals surface area contributed by atoms with E-state index in [1.165, 1.54) is 34.4 Å². The van der Waals surface area contributed by atoms with Crippen LogP contribution < -0.4 is 15.4 Å². The van der Waals surface area contributed by atoms with Crippen LogP contribution in [0.25, 0.3) is 0 Å². The maximum absolute atomic E-state index is 12.7. The lowest BCUT2D eigenvalue weighted by Gasteiger charge is -2.12. The van der Waals surface area contributed by atoms with Crippen LogP contribution in [0.15, 0.2) is 28.6 Å². The van der Waals surface area contributed by atoms with Crippen LogP contribution in [-0.4, -0.2) is 46.9 Å². The van der Waals surface area contributed by atoms with Gasteiger partial charge < -0.3 is 14.8 Å². The van der Waals surface area contributed by atoms with Crippen LogP contribution in [0, 0.1) is 0 Å². The molecular weight excluding hydrogens is 520 g/mol. The first-order valence-corrected chi connectivity index (χ1v) is 14.2. The minimum Gasteiger partial charge on any atom is -0.493 e. The number of aryl methyl sites for hydroxylation is 1. The minimum atomic E-state index is -0.393. The van der Waals surface area contributed by atoms with Crippen molar-refractivity contribution in [2.24, 2.45) is 0 Å². The van der Waals surface area contributed by atoms with Gasteiger partial charge in [0.1, 0.15) is 10.8 Å². The molecule has 0 aliphatic heterocycles. The fourth-order valence-corrected chi connectivity index (χ4v) is 6.62. The third kappa shape index (κ3) is 6.23. The fraction of sp³-hybridized carbons (Fsp3) is 0.375. The van der Waals surface area contributed by atoms with E-state index in [4.69, 9.17) is 9.47 Å². The number of thiophene rings is 1. The van der Waals surface area contributed by atoms with Gasteiger partial charge in [-0.15, -0.1) is 21.5 Å². The predicted octanol–water partition coefficient (Wildman–Crippen LogP) is 5.04. The lowest BCUT2D eigenvalue weighted by molar-refractivity contribution is -0.113. The van der Waals surface area contributed by atoms with Gasteiger partial charge in [0.25, 0.3) is 5.91 Å². The molecule has 2 N–H and O–H groups in total. The quantitative estimate of drug-likeness (QED) is 0.206. The van der Waals surface area contributed by atoms with E-state index in [-0.39, 0.29) is 24.2 Å². The smallest absolute Gasteiger partial charge is 0.341 e. The van der Waals surface area contributed by atoms with E-state index in [2.05, 4.69) is 20.8 Å². The van der Waals surface area contributed by atoms with Crippen molar-refractivity contribution in [2.75, 3.05) is 29.6 Å². The number of nitrogens with one attached hydrogen (secondary N) is 2. The molecule has 0 bridgehead atoms. The number of nitrogens with zero attached hydrogens (tertiary/aromatic N) is 2. The number of benzene rings is 1. The van der Waals surface area contributed by atoms with Gasteiger partial charge in [-0.1, -0.05) is 35.2 Å². The van der Waals surface area contributed by atoms with Gasteiger partial charge in [-0.2, -0.15) is 0 Å². The molecule has 1 aliphatic carbocycles. The number of amides is 2. The summed E-state index contributed by atoms with van der Waals surface area (Å²) in [5.41, 5.74) is 1.89. The Hall–Kier alpha value is -2.96. The second-order valence-electron chi connectivity index (χ2n) is 7.73. The molecule has 9 nitrogen and oxygen atoms in total. The number of aromatic nitrogens is 2. The number of hydrogen-bond acceptors (Lipinski definition) is 10. The third-order valence-corrected chi connectivity index (χ3v) is 8.47. The summed E-state index contributed by atoms with van der Waals surface area (Å²) in [6, 6.07) is 6.96. The predicted molar refractivity (Wildman–Crippen MR) is 142 cm³/mol. The number of fused-ring (bicyclic) bond motifs is 1. The number of esters is 1. The SMILES string of the molecule is CCOC(=O)c1c(NC(=O)CSc2nnc(NC(=O)c3ccccc3OCC)s2)sc2c1CCCC2. The fourth-order valence-electron chi connectivity index (χ4n) is 3.78. The first kappa shape index (κ1) is 26.1. The molecule has 0 saturated heterocycles. The Morgan fingerprint density at radius 1 is 1.03 bits per heavy atom. The maximum Gasteiger partial charge on any atom is 0.341 e. The highest BCUT2D eigenvalue weighted by Gasteiger charge is 2.27. The molecule has 0 fully saturated rings. The summed E-state index contributed by atoms with van der Waals surface area (Å²) in [6.07, 6.45) is 3.82. The number of thioether (sulfide) groups is 1. The molecule has 3 aromatic rings. The monoisotopic (exact) mass is 546 g/mol. The summed E-state index contributed by atoms with van der Waals surface area (Å²) in [5.74, 6) is -0.421. The standard InChI is InChI=1S/C24H26N4O5S3/c1-3-32-16-11-7-5-9-14(16)20(30)26-23-27-28-24(36-23)34-13-18(29)25-21-19(22(31)33-4-2)15-10-6-8-12-17(15)35-21/h5,7,9,11H,3-4,6,8,10,12-13H2,1-2H3,(H,25,29)(H,26,27,30). The van der Waals surface area contributed by atoms with Crippen molar-refractivity contribution in [3.63, 3.8) is 0 Å². The van der Waals surface area contributed by atoms with Crippen molar-refractivity contribution < 1.29 is 23.9 Å². The van der Waals surface area contributed by atoms with E-state index in [0.717, 1.165) is 36.1 Å². The highest BCUT2D eigenvalue weighted by Crippen LogP contribution is 2.39. The molecule has 0 spiro atoms. The van der Waals surface area contributed by atoms with Crippen LogP contribution >= 0.6 is 34.4 Å². The molecule has 0 atom stereocenters. The molecule has 1 aromatic carbocycles. The Kier molecular flexibility index (Phi) is 8.94. The van der Waals surface area contributed by atoms with E-state index in [0.29, 0.717) is 38.0 Å². The molecule has 190 valence electrons. The zero-order valence-corrected chi connectivity index (χ0v) is 22.4. The van der Waals surface area contributed by atoms with Crippen molar-refractivity contribution >= 4 is 62.4 Å². The van der Waals surface area contributed by atoms with E-state index in [1.807, 2.05) is 6.92 Å². The summed E-state index contributed by atoms with van der Waals surface area (Å²) < 4.78 is 11.3. The average Bonchev–Trinajstić information content (AvgIpc) is 3.47. The molecule has 1 aliphatic rings. The summed E-state index contributed by atoms with van der Waals surface area (Å²) in [6.45, 7) is 4.34. The second kappa shape index (κ2) is 12.3. The van der Waals surface area contributed by atoms with Crippen LogP contribution in [0.1, 0.15) is 57.8 Å². The minimum absolute atomic E-state index is 0.0839. The number of para-hydroxylation sites is 1. The topological polar surface area (TPSA) is 120 Å². The van der Waals surface area contributed by atoms with Gasteiger partial charge in [0.05, 0.1) is 30.1 Å². The van der Waals surface area contributed by atoms with Crippen LogP contribution in [0.4, 0.5) is 10.1 Å². The van der Waals surface area contributed by atoms with Crippen LogP contribution in [0.5, 0.6) is 5.75 Å². The number of anilines is 2. The number of rotatable bonds is 10. The molecule has 0 saturated carbocycles. The highest BCUT2D eigenvalue weighted by molar-refractivity contribution is 8.01. The normalized spacial score (nSPS) is 12.5. The highest BCUT2D eigenvalue weighted by atomic mass is 32.2. The molecule has 0 radical (unpaired) electrons. The van der Waals surface area contributed by atoms with Gasteiger partial charge in [-0.05, 0) is 57.2 Å². The van der Waals surface area contributed by atoms with Gasteiger partial charge in [0, 0.05) is 4.88 Å². The Balaban J connectivity index is 1.36. The largest absolute Gasteiger partial charge is 0.493 e. The van der Waals surface area contributed by atoms with Crippen LogP contribution in [0.2, 0.25) is 0 Å². The summed E-state index contributed by atoms with van der Waals surface area (Å²) >= 11 is 3.84. The molecule has 2 heterocycles. The van der Waals surface area contributed by atoms with Crippen LogP contribution in [0.3, 0.4) is 0 Å². The van der Waals surface area contributed by atoms with Crippen molar-refractivity contribution in [3.05, 3.63) is 45.8 Å². The molecule has 2 aromatic heterocycles. The maximum atomic E-state index is 12.7. The third-order valence-electron chi connectivity index (χ3n) is 5.29. The molecule has 0 unspecified atom stereocenters. The zero-order valence-electron chi connectivity index (χ0n) is 19.9. The van der Waals surface area contributed by atoms with E-state index in [9.17, 15) is 14.4 Å². The first-order valence-electron chi connectivity index (χ1n) is 11.6. The van der Waals surface area contributed by atoms with Crippen molar-refractivity contribution in [1.29, 1.82) is 0 Å². The lowest BCUT2D eigenvalue weighted by Crippen LogP contribution is -2.17. The first-order chi connectivity index (χ1) is 17.5. The number of ether oxygens (including phenoxy) is 2. The van der Waals surface area contributed by atoms with Crippen molar-refractivity contribution in [3.8, 4) is 5.75 Å². The molecule has 4 rings (SSSR count). The number of hydrogen-bond donors (Lipinski definition) is 2. The summed E-state index contributed by atoms with van der Waals surface area (Å²) in [7, 11) is 0. The molecule has 12 heteroatoms. The Morgan fingerprint density at radius 3 is 2.64 bits per heavy atom. The Bertz CT molecular complexity index is 1260. The van der Waals surface area contributed by atoms with E-state index < -0.39 is 5.97 Å². The summed E-state index contributed by atoms with van der Waals surface area (Å²) in [5, 5.41) is 14.5. The second-order valence-corrected chi connectivity index (χ2v) is 11.0. The Labute approximate surface area is 221 Å². The van der Waals surface area contributed by atoms with E-state index >= 15 is 0 Å². The molecule has 36 heavy (non-hydrogen) atoms. The molecule has 2 amide bonds. The van der Waals surface area contributed by atoms with E-state index in [1.54, 1.807) is 31.2 Å². The lowest BCUT2D eigenvalue weighted by atomic mass is 9.95. The van der Waals surface area contributed by atoms with Gasteiger partial charge in [0.15, 0.2) is 4.34 Å². The van der Waals surface area contributed by atoms with Gasteiger partial charge >= 0.3 is 5.97 Å². The van der Waals surface area contributed by atoms with Gasteiger partial charge in [-0.3, -0.25) is 14.9 Å². The molecular formula is C24H26N4O5S3. The summed E-state index contributed by atoms with van der Waals surface area (Å²) in [4.78, 5) is 39.1. The number of carbonyl (C=O) groups is 3. The zero-order chi connectivity index (χ0) is 25.5. The average molecular weight is 547 g/mol.